The molecule has 0 aliphatic heterocycles. The lowest BCUT2D eigenvalue weighted by molar-refractivity contribution is -0.143. The Hall–Kier alpha value is -3.35. The smallest absolute Gasteiger partial charge is 0.407 e. The van der Waals surface area contributed by atoms with Crippen molar-refractivity contribution in [2.45, 2.75) is 44.7 Å². The number of rotatable bonds is 8. The number of nitrogens with one attached hydrogen (secondary N) is 2. The highest BCUT2D eigenvalue weighted by Gasteiger charge is 2.39. The minimum absolute atomic E-state index is 0.00269. The van der Waals surface area contributed by atoms with Crippen LogP contribution in [0.1, 0.15) is 43.7 Å². The zero-order valence-corrected chi connectivity index (χ0v) is 18.2. The van der Waals surface area contributed by atoms with E-state index >= 15 is 0 Å². The van der Waals surface area contributed by atoms with Gasteiger partial charge in [-0.25, -0.2) is 9.59 Å². The number of hydrogen-bond acceptors (Lipinski definition) is 4. The first-order valence-corrected chi connectivity index (χ1v) is 11.0. The number of aliphatic carboxylic acids is 1. The highest BCUT2D eigenvalue weighted by Crippen LogP contribution is 2.44. The van der Waals surface area contributed by atoms with Crippen molar-refractivity contribution >= 4 is 18.0 Å². The van der Waals surface area contributed by atoms with Crippen LogP contribution in [0.25, 0.3) is 11.1 Å². The van der Waals surface area contributed by atoms with Gasteiger partial charge in [0.2, 0.25) is 5.91 Å². The van der Waals surface area contributed by atoms with Crippen molar-refractivity contribution in [2.24, 2.45) is 11.8 Å². The number of benzene rings is 2. The summed E-state index contributed by atoms with van der Waals surface area (Å²) in [5.74, 6) is -1.92. The number of carboxylic acids is 1. The lowest BCUT2D eigenvalue weighted by Crippen LogP contribution is -2.54. The highest BCUT2D eigenvalue weighted by molar-refractivity contribution is 5.90. The maximum absolute atomic E-state index is 12.7. The van der Waals surface area contributed by atoms with Crippen molar-refractivity contribution in [3.05, 3.63) is 59.7 Å². The zero-order valence-electron chi connectivity index (χ0n) is 18.2. The molecule has 0 radical (unpaired) electrons. The lowest BCUT2D eigenvalue weighted by Gasteiger charge is -2.23. The first kappa shape index (κ1) is 21.9. The van der Waals surface area contributed by atoms with Crippen LogP contribution in [-0.2, 0) is 14.3 Å². The second-order valence-corrected chi connectivity index (χ2v) is 8.85. The molecular formula is C25H28N2O5. The van der Waals surface area contributed by atoms with Crippen molar-refractivity contribution < 1.29 is 24.2 Å². The third-order valence-electron chi connectivity index (χ3n) is 6.22. The van der Waals surface area contributed by atoms with Crippen LogP contribution in [0.15, 0.2) is 48.5 Å². The fourth-order valence-corrected chi connectivity index (χ4v) is 4.35. The van der Waals surface area contributed by atoms with E-state index < -0.39 is 30.1 Å². The Balaban J connectivity index is 1.41. The molecule has 2 amide bonds. The summed E-state index contributed by atoms with van der Waals surface area (Å²) < 4.78 is 5.55. The van der Waals surface area contributed by atoms with Crippen molar-refractivity contribution in [1.82, 2.24) is 10.6 Å². The van der Waals surface area contributed by atoms with Crippen molar-refractivity contribution in [2.75, 3.05) is 6.61 Å². The molecule has 2 aromatic rings. The molecular weight excluding hydrogens is 408 g/mol. The number of alkyl carbamates (subject to hydrolysis) is 1. The standard InChI is InChI=1S/C25H28N2O5/c1-14(2)21(24(29)30)26-23(28)22(15-11-12-15)27-25(31)32-13-20-18-9-5-3-7-16(18)17-8-4-6-10-19(17)20/h3-10,14-15,20-22H,11-13H2,1-2H3,(H,26,28)(H,27,31)(H,29,30). The Kier molecular flexibility index (Phi) is 6.17. The van der Waals surface area contributed by atoms with Crippen LogP contribution in [0.3, 0.4) is 0 Å². The molecule has 168 valence electrons. The van der Waals surface area contributed by atoms with Crippen molar-refractivity contribution in [3.8, 4) is 11.1 Å². The van der Waals surface area contributed by atoms with E-state index in [2.05, 4.69) is 22.8 Å². The van der Waals surface area contributed by atoms with Crippen LogP contribution in [-0.4, -0.2) is 41.8 Å². The Morgan fingerprint density at radius 2 is 1.53 bits per heavy atom. The monoisotopic (exact) mass is 436 g/mol. The van der Waals surface area contributed by atoms with Gasteiger partial charge in [-0.3, -0.25) is 4.79 Å². The molecule has 0 bridgehead atoms. The molecule has 1 fully saturated rings. The van der Waals surface area contributed by atoms with Crippen LogP contribution in [0.5, 0.6) is 0 Å². The summed E-state index contributed by atoms with van der Waals surface area (Å²) in [6, 6.07) is 14.3. The Morgan fingerprint density at radius 3 is 2.03 bits per heavy atom. The fraction of sp³-hybridized carbons (Fsp3) is 0.400. The van der Waals surface area contributed by atoms with Crippen molar-refractivity contribution in [3.63, 3.8) is 0 Å². The van der Waals surface area contributed by atoms with E-state index in [-0.39, 0.29) is 24.4 Å². The maximum atomic E-state index is 12.7. The summed E-state index contributed by atoms with van der Waals surface area (Å²) in [7, 11) is 0. The summed E-state index contributed by atoms with van der Waals surface area (Å²) in [4.78, 5) is 36.7. The maximum Gasteiger partial charge on any atom is 0.407 e. The van der Waals surface area contributed by atoms with Crippen LogP contribution in [0.2, 0.25) is 0 Å². The summed E-state index contributed by atoms with van der Waals surface area (Å²) >= 11 is 0. The molecule has 2 unspecified atom stereocenters. The van der Waals surface area contributed by atoms with E-state index in [9.17, 15) is 19.5 Å². The molecule has 2 aromatic carbocycles. The van der Waals surface area contributed by atoms with Crippen LogP contribution < -0.4 is 10.6 Å². The highest BCUT2D eigenvalue weighted by atomic mass is 16.5. The molecule has 4 rings (SSSR count). The van der Waals surface area contributed by atoms with Gasteiger partial charge in [0.1, 0.15) is 18.7 Å². The molecule has 32 heavy (non-hydrogen) atoms. The van der Waals surface area contributed by atoms with Gasteiger partial charge in [-0.2, -0.15) is 0 Å². The van der Waals surface area contributed by atoms with E-state index in [0.29, 0.717) is 0 Å². The second kappa shape index (κ2) is 9.02. The van der Waals surface area contributed by atoms with Crippen molar-refractivity contribution in [1.29, 1.82) is 0 Å². The minimum atomic E-state index is -1.09. The number of hydrogen-bond donors (Lipinski definition) is 3. The quantitative estimate of drug-likeness (QED) is 0.587. The molecule has 0 spiro atoms. The summed E-state index contributed by atoms with van der Waals surface area (Å²) in [5, 5.41) is 14.6. The third-order valence-corrected chi connectivity index (χ3v) is 6.22. The average Bonchev–Trinajstić information content (AvgIpc) is 3.56. The number of carbonyl (C=O) groups is 3. The molecule has 7 nitrogen and oxygen atoms in total. The molecule has 2 atom stereocenters. The molecule has 7 heteroatoms. The van der Waals surface area contributed by atoms with Gasteiger partial charge >= 0.3 is 12.1 Å². The number of amides is 2. The molecule has 0 aromatic heterocycles. The molecule has 0 heterocycles. The third kappa shape index (κ3) is 4.47. The van der Waals surface area contributed by atoms with Gasteiger partial charge in [0.15, 0.2) is 0 Å². The van der Waals surface area contributed by atoms with Crippen LogP contribution >= 0.6 is 0 Å². The molecule has 0 saturated heterocycles. The largest absolute Gasteiger partial charge is 0.480 e. The second-order valence-electron chi connectivity index (χ2n) is 8.85. The van der Waals surface area contributed by atoms with Crippen LogP contribution in [0, 0.1) is 11.8 Å². The predicted molar refractivity (Wildman–Crippen MR) is 119 cm³/mol. The minimum Gasteiger partial charge on any atom is -0.480 e. The van der Waals surface area contributed by atoms with Gasteiger partial charge in [-0.1, -0.05) is 62.4 Å². The summed E-state index contributed by atoms with van der Waals surface area (Å²) in [6.07, 6.45) is 0.942. The predicted octanol–water partition coefficient (Wildman–Crippen LogP) is 3.53. The lowest BCUT2D eigenvalue weighted by atomic mass is 9.98. The number of ether oxygens (including phenoxy) is 1. The molecule has 1 saturated carbocycles. The molecule has 3 N–H and O–H groups in total. The summed E-state index contributed by atoms with van der Waals surface area (Å²) in [5.41, 5.74) is 4.50. The summed E-state index contributed by atoms with van der Waals surface area (Å²) in [6.45, 7) is 3.61. The van der Waals surface area contributed by atoms with E-state index in [0.717, 1.165) is 35.1 Å². The van der Waals surface area contributed by atoms with Gasteiger partial charge in [-0.05, 0) is 46.9 Å². The Labute approximate surface area is 187 Å². The van der Waals surface area contributed by atoms with E-state index in [1.807, 2.05) is 36.4 Å². The van der Waals surface area contributed by atoms with Gasteiger partial charge in [0.25, 0.3) is 0 Å². The van der Waals surface area contributed by atoms with Gasteiger partial charge < -0.3 is 20.5 Å². The van der Waals surface area contributed by atoms with Gasteiger partial charge in [0.05, 0.1) is 0 Å². The average molecular weight is 437 g/mol. The first-order chi connectivity index (χ1) is 15.4. The number of carboxylic acid groups (broad SMARTS) is 1. The Bertz CT molecular complexity index is 985. The SMILES string of the molecule is CC(C)C(NC(=O)C(NC(=O)OCC1c2ccccc2-c2ccccc21)C1CC1)C(=O)O. The first-order valence-electron chi connectivity index (χ1n) is 11.0. The van der Waals surface area contributed by atoms with E-state index in [1.165, 1.54) is 0 Å². The fourth-order valence-electron chi connectivity index (χ4n) is 4.35. The van der Waals surface area contributed by atoms with Gasteiger partial charge in [-0.15, -0.1) is 0 Å². The van der Waals surface area contributed by atoms with E-state index in [1.54, 1.807) is 13.8 Å². The molecule has 2 aliphatic carbocycles. The molecule has 2 aliphatic rings. The number of fused-ring (bicyclic) bond motifs is 3. The Morgan fingerprint density at radius 1 is 0.969 bits per heavy atom. The van der Waals surface area contributed by atoms with Gasteiger partial charge in [0, 0.05) is 5.92 Å². The zero-order chi connectivity index (χ0) is 22.8. The van der Waals surface area contributed by atoms with Crippen LogP contribution in [0.4, 0.5) is 4.79 Å². The number of carbonyl (C=O) groups excluding carboxylic acids is 2. The topological polar surface area (TPSA) is 105 Å². The van der Waals surface area contributed by atoms with E-state index in [4.69, 9.17) is 4.74 Å². The normalized spacial score (nSPS) is 16.6.